The molecule has 0 fully saturated rings. The van der Waals surface area contributed by atoms with E-state index in [0.717, 1.165) is 6.20 Å². The lowest BCUT2D eigenvalue weighted by molar-refractivity contribution is 0.149. The number of nitrogens with one attached hydrogen (secondary N) is 1. The number of rotatable bonds is 1. The summed E-state index contributed by atoms with van der Waals surface area (Å²) in [4.78, 5) is 13.4. The summed E-state index contributed by atoms with van der Waals surface area (Å²) >= 11 is 8.30. The molecule has 0 unspecified atom stereocenters. The van der Waals surface area contributed by atoms with Crippen molar-refractivity contribution in [2.24, 2.45) is 0 Å². The predicted octanol–water partition coefficient (Wildman–Crippen LogP) is 2.73. The summed E-state index contributed by atoms with van der Waals surface area (Å²) in [6, 6.07) is 0. The fourth-order valence-electron chi connectivity index (χ4n) is 0.659. The molecule has 1 N–H and O–H groups in total. The maximum atomic E-state index is 12.0. The van der Waals surface area contributed by atoms with Gasteiger partial charge in [-0.05, 0) is 15.9 Å². The number of aromatic amines is 1. The zero-order valence-electron chi connectivity index (χ0n) is 5.57. The quantitative estimate of drug-likeness (QED) is 0.772. The third kappa shape index (κ3) is 1.67. The lowest BCUT2D eigenvalue weighted by atomic mass is 10.3. The molecule has 0 saturated heterocycles. The van der Waals surface area contributed by atoms with Gasteiger partial charge in [-0.1, -0.05) is 11.6 Å². The molecule has 1 heterocycles. The van der Waals surface area contributed by atoms with Gasteiger partial charge in [0.2, 0.25) is 5.43 Å². The molecule has 1 aromatic heterocycles. The van der Waals surface area contributed by atoms with Crippen LogP contribution in [0, 0.1) is 0 Å². The molecule has 0 spiro atoms. The average Bonchev–Trinajstić information content (AvgIpc) is 2.00. The van der Waals surface area contributed by atoms with Crippen LogP contribution in [0.2, 0.25) is 5.02 Å². The summed E-state index contributed by atoms with van der Waals surface area (Å²) in [5.41, 5.74) is -1.47. The summed E-state index contributed by atoms with van der Waals surface area (Å²) in [5, 5.41) is -0.257. The third-order valence-corrected chi connectivity index (χ3v) is 2.46. The van der Waals surface area contributed by atoms with E-state index in [2.05, 4.69) is 20.9 Å². The Morgan fingerprint density at radius 2 is 2.17 bits per heavy atom. The molecule has 0 bridgehead atoms. The first kappa shape index (κ1) is 9.67. The molecule has 0 amide bonds. The van der Waals surface area contributed by atoms with Crippen molar-refractivity contribution in [2.45, 2.75) is 6.43 Å². The minimum absolute atomic E-state index is 0.207. The fourth-order valence-corrected chi connectivity index (χ4v) is 1.12. The second-order valence-electron chi connectivity index (χ2n) is 2.00. The van der Waals surface area contributed by atoms with Crippen molar-refractivity contribution in [3.05, 3.63) is 31.6 Å². The first-order valence-corrected chi connectivity index (χ1v) is 4.06. The zero-order chi connectivity index (χ0) is 9.30. The minimum atomic E-state index is -2.81. The number of hydrogen-bond acceptors (Lipinski definition) is 1. The van der Waals surface area contributed by atoms with Crippen LogP contribution >= 0.6 is 27.5 Å². The van der Waals surface area contributed by atoms with Gasteiger partial charge < -0.3 is 4.98 Å². The maximum absolute atomic E-state index is 12.0. The van der Waals surface area contributed by atoms with Crippen LogP contribution in [-0.4, -0.2) is 4.98 Å². The van der Waals surface area contributed by atoms with Gasteiger partial charge in [0.05, 0.1) is 5.56 Å². The van der Waals surface area contributed by atoms with E-state index in [-0.39, 0.29) is 9.63 Å². The van der Waals surface area contributed by atoms with Crippen molar-refractivity contribution in [3.8, 4) is 0 Å². The number of hydrogen-bond donors (Lipinski definition) is 1. The van der Waals surface area contributed by atoms with Gasteiger partial charge in [-0.15, -0.1) is 0 Å². The van der Waals surface area contributed by atoms with Gasteiger partial charge in [-0.25, -0.2) is 8.78 Å². The van der Waals surface area contributed by atoms with Crippen LogP contribution < -0.4 is 5.43 Å². The van der Waals surface area contributed by atoms with Crippen molar-refractivity contribution in [1.29, 1.82) is 0 Å². The van der Waals surface area contributed by atoms with E-state index in [1.807, 2.05) is 0 Å². The molecule has 0 atom stereocenters. The average molecular weight is 258 g/mol. The van der Waals surface area contributed by atoms with Gasteiger partial charge in [0.25, 0.3) is 6.43 Å². The Labute approximate surface area is 79.7 Å². The fraction of sp³-hybridized carbons (Fsp3) is 0.167. The van der Waals surface area contributed by atoms with E-state index in [9.17, 15) is 13.6 Å². The van der Waals surface area contributed by atoms with Crippen LogP contribution in [0.4, 0.5) is 8.78 Å². The van der Waals surface area contributed by atoms with E-state index >= 15 is 0 Å². The molecule has 0 saturated carbocycles. The molecule has 0 aromatic carbocycles. The van der Waals surface area contributed by atoms with Crippen molar-refractivity contribution in [2.75, 3.05) is 0 Å². The molecule has 0 radical (unpaired) electrons. The van der Waals surface area contributed by atoms with Gasteiger partial charge in [0, 0.05) is 6.20 Å². The van der Waals surface area contributed by atoms with Crippen LogP contribution in [0.1, 0.15) is 12.0 Å². The molecule has 0 aliphatic carbocycles. The normalized spacial score (nSPS) is 10.8. The van der Waals surface area contributed by atoms with Crippen LogP contribution in [0.25, 0.3) is 0 Å². The summed E-state index contributed by atoms with van der Waals surface area (Å²) in [6.07, 6.45) is -1.87. The predicted molar refractivity (Wildman–Crippen MR) is 44.7 cm³/mol. The van der Waals surface area contributed by atoms with E-state index in [0.29, 0.717) is 0 Å². The van der Waals surface area contributed by atoms with Gasteiger partial charge >= 0.3 is 0 Å². The second-order valence-corrected chi connectivity index (χ2v) is 3.17. The number of halogens is 4. The molecular weight excluding hydrogens is 255 g/mol. The maximum Gasteiger partial charge on any atom is 0.269 e. The van der Waals surface area contributed by atoms with E-state index in [1.54, 1.807) is 0 Å². The number of H-pyrrole nitrogens is 1. The van der Waals surface area contributed by atoms with Crippen LogP contribution in [0.3, 0.4) is 0 Å². The van der Waals surface area contributed by atoms with Gasteiger partial charge in [0.1, 0.15) is 9.63 Å². The Hall–Kier alpha value is -0.420. The topological polar surface area (TPSA) is 32.9 Å². The smallest absolute Gasteiger partial charge is 0.269 e. The highest BCUT2D eigenvalue weighted by molar-refractivity contribution is 9.10. The first-order chi connectivity index (χ1) is 5.54. The lowest BCUT2D eigenvalue weighted by Gasteiger charge is -1.99. The monoisotopic (exact) mass is 257 g/mol. The highest BCUT2D eigenvalue weighted by Gasteiger charge is 2.15. The van der Waals surface area contributed by atoms with Crippen molar-refractivity contribution in [1.82, 2.24) is 4.98 Å². The number of pyridine rings is 1. The Kier molecular flexibility index (Phi) is 2.85. The highest BCUT2D eigenvalue weighted by atomic mass is 79.9. The first-order valence-electron chi connectivity index (χ1n) is 2.88. The highest BCUT2D eigenvalue weighted by Crippen LogP contribution is 2.20. The standard InChI is InChI=1S/C6H3BrClF2NO/c7-5-3(8)4(12)2(1-11-5)6(9)10/h1,6H,(H,11,12). The van der Waals surface area contributed by atoms with Gasteiger partial charge in [0.15, 0.2) is 0 Å². The second kappa shape index (κ2) is 3.53. The van der Waals surface area contributed by atoms with Crippen molar-refractivity contribution in [3.63, 3.8) is 0 Å². The molecule has 2 nitrogen and oxygen atoms in total. The summed E-state index contributed by atoms with van der Waals surface area (Å²) in [5.74, 6) is 0. The molecule has 0 aliphatic rings. The molecule has 66 valence electrons. The Bertz CT molecular complexity index is 352. The molecular formula is C6H3BrClF2NO. The molecule has 0 aliphatic heterocycles. The van der Waals surface area contributed by atoms with E-state index < -0.39 is 17.4 Å². The summed E-state index contributed by atoms with van der Waals surface area (Å²) in [6.45, 7) is 0. The molecule has 12 heavy (non-hydrogen) atoms. The Morgan fingerprint density at radius 3 is 2.67 bits per heavy atom. The van der Waals surface area contributed by atoms with E-state index in [4.69, 9.17) is 11.6 Å². The lowest BCUT2D eigenvalue weighted by Crippen LogP contribution is -2.10. The van der Waals surface area contributed by atoms with Crippen molar-refractivity contribution < 1.29 is 8.78 Å². The van der Waals surface area contributed by atoms with Crippen LogP contribution in [0.15, 0.2) is 15.6 Å². The SMILES string of the molecule is O=c1c(C(F)F)c[nH]c(Br)c1Cl. The zero-order valence-corrected chi connectivity index (χ0v) is 7.92. The minimum Gasteiger partial charge on any atom is -0.354 e. The summed E-state index contributed by atoms with van der Waals surface area (Å²) in [7, 11) is 0. The Balaban J connectivity index is 3.37. The van der Waals surface area contributed by atoms with Crippen LogP contribution in [0.5, 0.6) is 0 Å². The number of aromatic nitrogens is 1. The van der Waals surface area contributed by atoms with Crippen LogP contribution in [-0.2, 0) is 0 Å². The molecule has 1 aromatic rings. The Morgan fingerprint density at radius 1 is 1.58 bits per heavy atom. The molecule has 6 heteroatoms. The number of alkyl halides is 2. The van der Waals surface area contributed by atoms with E-state index in [1.165, 1.54) is 0 Å². The summed E-state index contributed by atoms with van der Waals surface area (Å²) < 4.78 is 24.3. The third-order valence-electron chi connectivity index (χ3n) is 1.24. The largest absolute Gasteiger partial charge is 0.354 e. The van der Waals surface area contributed by atoms with Gasteiger partial charge in [-0.3, -0.25) is 4.79 Å². The molecule has 1 rings (SSSR count). The van der Waals surface area contributed by atoms with Crippen molar-refractivity contribution >= 4 is 27.5 Å². The van der Waals surface area contributed by atoms with Gasteiger partial charge in [-0.2, -0.15) is 0 Å².